The van der Waals surface area contributed by atoms with Crippen LogP contribution in [0.4, 0.5) is 0 Å². The molecule has 3 fully saturated rings. The molecule has 0 N–H and O–H groups in total. The summed E-state index contributed by atoms with van der Waals surface area (Å²) in [5.41, 5.74) is 0.0394. The van der Waals surface area contributed by atoms with E-state index in [1.165, 1.54) is 0 Å². The summed E-state index contributed by atoms with van der Waals surface area (Å²) in [5, 5.41) is 0. The molecule has 1 aliphatic carbocycles. The van der Waals surface area contributed by atoms with Crippen LogP contribution in [0.2, 0.25) is 0 Å². The highest BCUT2D eigenvalue weighted by Crippen LogP contribution is 2.44. The van der Waals surface area contributed by atoms with Gasteiger partial charge in [0, 0.05) is 6.42 Å². The lowest BCUT2D eigenvalue weighted by Gasteiger charge is -2.27. The van der Waals surface area contributed by atoms with Crippen molar-refractivity contribution in [3.05, 3.63) is 0 Å². The van der Waals surface area contributed by atoms with Crippen molar-refractivity contribution < 1.29 is 14.2 Å². The Balaban J connectivity index is 1.76. The SMILES string of the molecule is C1OCC2(CCC3OC3C2)O1. The van der Waals surface area contributed by atoms with E-state index in [0.29, 0.717) is 19.0 Å². The zero-order valence-corrected chi connectivity index (χ0v) is 6.41. The van der Waals surface area contributed by atoms with E-state index in [4.69, 9.17) is 14.2 Å². The molecule has 62 valence electrons. The summed E-state index contributed by atoms with van der Waals surface area (Å²) in [5.74, 6) is 0. The average Bonchev–Trinajstić information content (AvgIpc) is 2.63. The van der Waals surface area contributed by atoms with Crippen LogP contribution in [0.1, 0.15) is 19.3 Å². The fraction of sp³-hybridized carbons (Fsp3) is 1.00. The van der Waals surface area contributed by atoms with Crippen molar-refractivity contribution in [2.75, 3.05) is 13.4 Å². The van der Waals surface area contributed by atoms with Gasteiger partial charge in [0.15, 0.2) is 0 Å². The van der Waals surface area contributed by atoms with Gasteiger partial charge in [0.1, 0.15) is 6.79 Å². The summed E-state index contributed by atoms with van der Waals surface area (Å²) in [6.07, 6.45) is 4.38. The third-order valence-electron chi connectivity index (χ3n) is 2.96. The van der Waals surface area contributed by atoms with Gasteiger partial charge in [-0.05, 0) is 12.8 Å². The lowest BCUT2D eigenvalue weighted by atomic mass is 9.86. The molecule has 0 radical (unpaired) electrons. The zero-order valence-electron chi connectivity index (χ0n) is 6.41. The molecule has 1 saturated carbocycles. The van der Waals surface area contributed by atoms with E-state index in [9.17, 15) is 0 Å². The Morgan fingerprint density at radius 3 is 3.00 bits per heavy atom. The molecular formula is C8H12O3. The molecule has 2 aliphatic heterocycles. The third kappa shape index (κ3) is 0.916. The van der Waals surface area contributed by atoms with E-state index >= 15 is 0 Å². The first-order valence-electron chi connectivity index (χ1n) is 4.25. The van der Waals surface area contributed by atoms with Gasteiger partial charge in [-0.3, -0.25) is 0 Å². The Labute approximate surface area is 65.6 Å². The summed E-state index contributed by atoms with van der Waals surface area (Å²) in [4.78, 5) is 0. The Kier molecular flexibility index (Phi) is 1.15. The van der Waals surface area contributed by atoms with Crippen LogP contribution in [0.15, 0.2) is 0 Å². The van der Waals surface area contributed by atoms with Gasteiger partial charge in [0.05, 0.1) is 24.4 Å². The number of hydrogen-bond acceptors (Lipinski definition) is 3. The van der Waals surface area contributed by atoms with Gasteiger partial charge in [0.25, 0.3) is 0 Å². The van der Waals surface area contributed by atoms with Gasteiger partial charge in [0.2, 0.25) is 0 Å². The minimum absolute atomic E-state index is 0.0394. The van der Waals surface area contributed by atoms with Gasteiger partial charge < -0.3 is 14.2 Å². The minimum Gasteiger partial charge on any atom is -0.369 e. The number of fused-ring (bicyclic) bond motifs is 1. The average molecular weight is 156 g/mol. The van der Waals surface area contributed by atoms with Crippen molar-refractivity contribution in [1.29, 1.82) is 0 Å². The van der Waals surface area contributed by atoms with E-state index in [1.807, 2.05) is 0 Å². The second kappa shape index (κ2) is 1.97. The van der Waals surface area contributed by atoms with Gasteiger partial charge in [-0.1, -0.05) is 0 Å². The number of rotatable bonds is 0. The van der Waals surface area contributed by atoms with Crippen molar-refractivity contribution in [2.45, 2.75) is 37.1 Å². The standard InChI is InChI=1S/C8H12O3/c1-2-8(4-9-5-10-8)3-7-6(1)11-7/h6-7H,1-5H2. The van der Waals surface area contributed by atoms with E-state index in [0.717, 1.165) is 25.9 Å². The first-order chi connectivity index (χ1) is 5.38. The third-order valence-corrected chi connectivity index (χ3v) is 2.96. The fourth-order valence-electron chi connectivity index (χ4n) is 2.18. The molecule has 3 heteroatoms. The topological polar surface area (TPSA) is 31.0 Å². The van der Waals surface area contributed by atoms with Crippen molar-refractivity contribution in [2.24, 2.45) is 0 Å². The normalized spacial score (nSPS) is 54.5. The smallest absolute Gasteiger partial charge is 0.147 e. The Bertz CT molecular complexity index is 174. The van der Waals surface area contributed by atoms with Crippen LogP contribution in [0.5, 0.6) is 0 Å². The highest BCUT2D eigenvalue weighted by atomic mass is 16.7. The predicted molar refractivity (Wildman–Crippen MR) is 37.1 cm³/mol. The van der Waals surface area contributed by atoms with E-state index in [-0.39, 0.29) is 5.60 Å². The highest BCUT2D eigenvalue weighted by Gasteiger charge is 2.52. The molecule has 0 aromatic carbocycles. The van der Waals surface area contributed by atoms with E-state index in [1.54, 1.807) is 0 Å². The largest absolute Gasteiger partial charge is 0.369 e. The van der Waals surface area contributed by atoms with Gasteiger partial charge in [-0.25, -0.2) is 0 Å². The Hall–Kier alpha value is -0.120. The quantitative estimate of drug-likeness (QED) is 0.483. The molecule has 3 nitrogen and oxygen atoms in total. The molecule has 3 aliphatic rings. The van der Waals surface area contributed by atoms with E-state index in [2.05, 4.69) is 0 Å². The van der Waals surface area contributed by atoms with Crippen molar-refractivity contribution in [3.8, 4) is 0 Å². The summed E-state index contributed by atoms with van der Waals surface area (Å²) in [6.45, 7) is 1.26. The molecule has 2 saturated heterocycles. The van der Waals surface area contributed by atoms with Crippen molar-refractivity contribution in [3.63, 3.8) is 0 Å². The van der Waals surface area contributed by atoms with Gasteiger partial charge in [-0.15, -0.1) is 0 Å². The molecular weight excluding hydrogens is 144 g/mol. The first kappa shape index (κ1) is 6.40. The first-order valence-corrected chi connectivity index (χ1v) is 4.25. The zero-order chi connectivity index (χ0) is 7.31. The van der Waals surface area contributed by atoms with Crippen molar-refractivity contribution >= 4 is 0 Å². The van der Waals surface area contributed by atoms with Crippen LogP contribution in [0, 0.1) is 0 Å². The molecule has 3 unspecified atom stereocenters. The second-order valence-corrected chi connectivity index (χ2v) is 3.75. The highest BCUT2D eigenvalue weighted by molar-refractivity contribution is 5.01. The molecule has 3 rings (SSSR count). The summed E-state index contributed by atoms with van der Waals surface area (Å²) >= 11 is 0. The van der Waals surface area contributed by atoms with Crippen LogP contribution in [-0.4, -0.2) is 31.2 Å². The molecule has 3 atom stereocenters. The predicted octanol–water partition coefficient (Wildman–Crippen LogP) is 0.681. The number of ether oxygens (including phenoxy) is 3. The van der Waals surface area contributed by atoms with Crippen molar-refractivity contribution in [1.82, 2.24) is 0 Å². The van der Waals surface area contributed by atoms with Gasteiger partial charge >= 0.3 is 0 Å². The van der Waals surface area contributed by atoms with Crippen LogP contribution in [0.25, 0.3) is 0 Å². The lowest BCUT2D eigenvalue weighted by Crippen LogP contribution is -2.36. The minimum atomic E-state index is 0.0394. The molecule has 0 amide bonds. The molecule has 0 aromatic heterocycles. The molecule has 11 heavy (non-hydrogen) atoms. The molecule has 2 heterocycles. The Morgan fingerprint density at radius 1 is 1.27 bits per heavy atom. The molecule has 0 bridgehead atoms. The van der Waals surface area contributed by atoms with Crippen LogP contribution < -0.4 is 0 Å². The summed E-state index contributed by atoms with van der Waals surface area (Å²) in [7, 11) is 0. The fourth-order valence-corrected chi connectivity index (χ4v) is 2.18. The number of hydrogen-bond donors (Lipinski definition) is 0. The second-order valence-electron chi connectivity index (χ2n) is 3.75. The summed E-state index contributed by atoms with van der Waals surface area (Å²) < 4.78 is 16.2. The lowest BCUT2D eigenvalue weighted by molar-refractivity contribution is -0.0254. The monoisotopic (exact) mass is 156 g/mol. The maximum atomic E-state index is 5.58. The van der Waals surface area contributed by atoms with E-state index < -0.39 is 0 Å². The van der Waals surface area contributed by atoms with Crippen LogP contribution >= 0.6 is 0 Å². The number of epoxide rings is 1. The Morgan fingerprint density at radius 2 is 2.27 bits per heavy atom. The van der Waals surface area contributed by atoms with Gasteiger partial charge in [-0.2, -0.15) is 0 Å². The molecule has 0 aromatic rings. The maximum absolute atomic E-state index is 5.58. The molecule has 1 spiro atoms. The van der Waals surface area contributed by atoms with Crippen LogP contribution in [-0.2, 0) is 14.2 Å². The summed E-state index contributed by atoms with van der Waals surface area (Å²) in [6, 6.07) is 0. The maximum Gasteiger partial charge on any atom is 0.147 e. The van der Waals surface area contributed by atoms with Crippen LogP contribution in [0.3, 0.4) is 0 Å².